The maximum atomic E-state index is 13.1. The van der Waals surface area contributed by atoms with Crippen molar-refractivity contribution in [1.29, 1.82) is 0 Å². The third kappa shape index (κ3) is 7.63. The van der Waals surface area contributed by atoms with E-state index in [1.165, 1.54) is 16.3 Å². The summed E-state index contributed by atoms with van der Waals surface area (Å²) >= 11 is 0. The van der Waals surface area contributed by atoms with Crippen LogP contribution in [-0.2, 0) is 27.5 Å². The fourth-order valence-corrected chi connectivity index (χ4v) is 4.46. The molecule has 0 saturated carbocycles. The lowest BCUT2D eigenvalue weighted by atomic mass is 9.94. The van der Waals surface area contributed by atoms with Crippen LogP contribution in [0, 0.1) is 5.92 Å². The molecule has 3 aromatic rings. The number of benzene rings is 3. The van der Waals surface area contributed by atoms with Gasteiger partial charge in [0.15, 0.2) is 0 Å². The normalized spacial score (nSPS) is 14.0. The average molecular weight is 493 g/mol. The Hall–Kier alpha value is -3.75. The Labute approximate surface area is 210 Å². The van der Waals surface area contributed by atoms with Crippen LogP contribution in [0.15, 0.2) is 72.8 Å². The van der Waals surface area contributed by atoms with Crippen molar-refractivity contribution in [1.82, 2.24) is 9.80 Å². The summed E-state index contributed by atoms with van der Waals surface area (Å²) in [5.74, 6) is -3.42. The summed E-state index contributed by atoms with van der Waals surface area (Å²) in [4.78, 5) is 35.6. The first kappa shape index (κ1) is 26.8. The zero-order valence-corrected chi connectivity index (χ0v) is 20.1. The molecule has 0 spiro atoms. The maximum absolute atomic E-state index is 13.1. The Bertz CT molecular complexity index is 1140. The van der Waals surface area contributed by atoms with Crippen LogP contribution in [0.2, 0.25) is 0 Å². The zero-order chi connectivity index (χ0) is 25.9. The molecule has 1 heterocycles. The second-order valence-corrected chi connectivity index (χ2v) is 8.77. The highest BCUT2D eigenvalue weighted by Crippen LogP contribution is 2.25. The first-order chi connectivity index (χ1) is 17.4. The van der Waals surface area contributed by atoms with E-state index in [0.29, 0.717) is 13.1 Å². The van der Waals surface area contributed by atoms with Gasteiger partial charge in [0.1, 0.15) is 0 Å². The number of hydrogen-bond acceptors (Lipinski definition) is 5. The van der Waals surface area contributed by atoms with Crippen LogP contribution in [0.1, 0.15) is 24.0 Å². The van der Waals surface area contributed by atoms with Crippen molar-refractivity contribution in [3.05, 3.63) is 83.9 Å². The van der Waals surface area contributed by atoms with E-state index in [1.54, 1.807) is 0 Å². The van der Waals surface area contributed by atoms with Gasteiger partial charge in [-0.25, -0.2) is 9.59 Å². The number of hydrogen-bond donors (Lipinski definition) is 3. The van der Waals surface area contributed by atoms with E-state index in [0.717, 1.165) is 38.0 Å². The van der Waals surface area contributed by atoms with Gasteiger partial charge in [-0.1, -0.05) is 72.8 Å². The summed E-state index contributed by atoms with van der Waals surface area (Å²) < 4.78 is 0. The molecule has 0 aromatic heterocycles. The number of carboxylic acid groups (broad SMARTS) is 2. The molecule has 3 N–H and O–H groups in total. The highest BCUT2D eigenvalue weighted by Gasteiger charge is 2.28. The number of aliphatic hydroxyl groups excluding tert-OH is 1. The Morgan fingerprint density at radius 1 is 0.833 bits per heavy atom. The molecule has 0 aliphatic carbocycles. The second-order valence-electron chi connectivity index (χ2n) is 8.77. The molecule has 1 fully saturated rings. The minimum absolute atomic E-state index is 0.00149. The third-order valence-corrected chi connectivity index (χ3v) is 6.29. The van der Waals surface area contributed by atoms with Gasteiger partial charge in [-0.2, -0.15) is 0 Å². The SMILES string of the molecule is O=C(C1CCN(Cc2cccc3ccccc23)CC1)N(CCO)Cc1ccccc1.O=C(O)C(=O)O. The molecule has 1 amide bonds. The predicted octanol–water partition coefficient (Wildman–Crippen LogP) is 3.23. The molecule has 36 heavy (non-hydrogen) atoms. The molecule has 0 bridgehead atoms. The molecule has 4 rings (SSSR count). The van der Waals surface area contributed by atoms with Gasteiger partial charge >= 0.3 is 11.9 Å². The molecule has 0 unspecified atom stereocenters. The molecule has 8 nitrogen and oxygen atoms in total. The summed E-state index contributed by atoms with van der Waals surface area (Å²) in [6.45, 7) is 3.74. The largest absolute Gasteiger partial charge is 0.473 e. The van der Waals surface area contributed by atoms with E-state index in [2.05, 4.69) is 47.4 Å². The molecular formula is C28H32N2O6. The third-order valence-electron chi connectivity index (χ3n) is 6.29. The number of carbonyl (C=O) groups is 3. The molecule has 1 aliphatic heterocycles. The topological polar surface area (TPSA) is 118 Å². The van der Waals surface area contributed by atoms with E-state index in [9.17, 15) is 9.90 Å². The van der Waals surface area contributed by atoms with Gasteiger partial charge in [0.25, 0.3) is 0 Å². The van der Waals surface area contributed by atoms with Gasteiger partial charge in [-0.05, 0) is 47.8 Å². The van der Waals surface area contributed by atoms with Gasteiger partial charge in [0, 0.05) is 25.6 Å². The number of likely N-dealkylation sites (tertiary alicyclic amines) is 1. The lowest BCUT2D eigenvalue weighted by molar-refractivity contribution is -0.159. The number of nitrogens with zero attached hydrogens (tertiary/aromatic N) is 2. The van der Waals surface area contributed by atoms with Crippen molar-refractivity contribution < 1.29 is 29.7 Å². The molecule has 0 atom stereocenters. The van der Waals surface area contributed by atoms with Crippen LogP contribution in [0.5, 0.6) is 0 Å². The van der Waals surface area contributed by atoms with Crippen LogP contribution >= 0.6 is 0 Å². The fraction of sp³-hybridized carbons (Fsp3) is 0.321. The van der Waals surface area contributed by atoms with Crippen LogP contribution in [0.3, 0.4) is 0 Å². The number of aliphatic hydroxyl groups is 1. The first-order valence-corrected chi connectivity index (χ1v) is 12.0. The van der Waals surface area contributed by atoms with Crippen molar-refractivity contribution in [3.8, 4) is 0 Å². The standard InChI is InChI=1S/C26H30N2O2.C2H2O4/c29-18-17-28(19-21-7-2-1-3-8-21)26(30)23-13-15-27(16-14-23)20-24-11-6-10-22-9-4-5-12-25(22)24;3-1(4)2(5)6/h1-12,23,29H,13-20H2;(H,3,4)(H,5,6). The Morgan fingerprint density at radius 2 is 1.44 bits per heavy atom. The molecule has 190 valence electrons. The van der Waals surface area contributed by atoms with Gasteiger partial charge in [-0.15, -0.1) is 0 Å². The van der Waals surface area contributed by atoms with Crippen LogP contribution in [0.4, 0.5) is 0 Å². The number of rotatable bonds is 7. The van der Waals surface area contributed by atoms with E-state index in [4.69, 9.17) is 19.8 Å². The van der Waals surface area contributed by atoms with Crippen molar-refractivity contribution >= 4 is 28.6 Å². The number of aliphatic carboxylic acids is 2. The summed E-state index contributed by atoms with van der Waals surface area (Å²) in [6.07, 6.45) is 1.75. The highest BCUT2D eigenvalue weighted by atomic mass is 16.4. The minimum atomic E-state index is -1.82. The molecular weight excluding hydrogens is 460 g/mol. The maximum Gasteiger partial charge on any atom is 0.414 e. The van der Waals surface area contributed by atoms with Gasteiger partial charge in [0.05, 0.1) is 6.61 Å². The molecule has 3 aromatic carbocycles. The fourth-order valence-electron chi connectivity index (χ4n) is 4.46. The van der Waals surface area contributed by atoms with Gasteiger partial charge < -0.3 is 20.2 Å². The number of fused-ring (bicyclic) bond motifs is 1. The van der Waals surface area contributed by atoms with Crippen LogP contribution in [-0.4, -0.2) is 69.2 Å². The van der Waals surface area contributed by atoms with Crippen LogP contribution in [0.25, 0.3) is 10.8 Å². The van der Waals surface area contributed by atoms with Crippen molar-refractivity contribution in [3.63, 3.8) is 0 Å². The van der Waals surface area contributed by atoms with Gasteiger partial charge in [-0.3, -0.25) is 9.69 Å². The lowest BCUT2D eigenvalue weighted by Crippen LogP contribution is -2.43. The van der Waals surface area contributed by atoms with Crippen molar-refractivity contribution in [2.75, 3.05) is 26.2 Å². The van der Waals surface area contributed by atoms with Crippen molar-refractivity contribution in [2.45, 2.75) is 25.9 Å². The minimum Gasteiger partial charge on any atom is -0.473 e. The number of amides is 1. The lowest BCUT2D eigenvalue weighted by Gasteiger charge is -2.34. The quantitative estimate of drug-likeness (QED) is 0.433. The van der Waals surface area contributed by atoms with E-state index < -0.39 is 11.9 Å². The molecule has 0 radical (unpaired) electrons. The zero-order valence-electron chi connectivity index (χ0n) is 20.1. The predicted molar refractivity (Wildman–Crippen MR) is 136 cm³/mol. The smallest absolute Gasteiger partial charge is 0.414 e. The highest BCUT2D eigenvalue weighted by molar-refractivity contribution is 6.27. The molecule has 1 saturated heterocycles. The Morgan fingerprint density at radius 3 is 2.08 bits per heavy atom. The Kier molecular flexibility index (Phi) is 9.97. The number of carboxylic acids is 2. The summed E-state index contributed by atoms with van der Waals surface area (Å²) in [6, 6.07) is 25.0. The van der Waals surface area contributed by atoms with E-state index >= 15 is 0 Å². The molecule has 8 heteroatoms. The Balaban J connectivity index is 0.000000538. The van der Waals surface area contributed by atoms with Crippen molar-refractivity contribution in [2.24, 2.45) is 5.92 Å². The first-order valence-electron chi connectivity index (χ1n) is 12.0. The summed E-state index contributed by atoms with van der Waals surface area (Å²) in [5.41, 5.74) is 2.46. The monoisotopic (exact) mass is 492 g/mol. The van der Waals surface area contributed by atoms with Gasteiger partial charge in [0.2, 0.25) is 5.91 Å². The summed E-state index contributed by atoms with van der Waals surface area (Å²) in [7, 11) is 0. The molecule has 1 aliphatic rings. The average Bonchev–Trinajstić information content (AvgIpc) is 2.90. The second kappa shape index (κ2) is 13.4. The van der Waals surface area contributed by atoms with E-state index in [-0.39, 0.29) is 18.4 Å². The summed E-state index contributed by atoms with van der Waals surface area (Å²) in [5, 5.41) is 26.8. The number of piperidine rings is 1. The van der Waals surface area contributed by atoms with E-state index in [1.807, 2.05) is 35.2 Å². The van der Waals surface area contributed by atoms with Crippen LogP contribution < -0.4 is 0 Å². The number of carbonyl (C=O) groups excluding carboxylic acids is 1.